The maximum Gasteiger partial charge on any atom is 0.349 e. The lowest BCUT2D eigenvalue weighted by Gasteiger charge is -2.21. The smallest absolute Gasteiger partial charge is 0.349 e. The van der Waals surface area contributed by atoms with Crippen LogP contribution in [0, 0.1) is 11.3 Å². The highest BCUT2D eigenvalue weighted by atomic mass is 35.5. The number of aliphatic carboxylic acids is 1. The molecule has 0 saturated heterocycles. The number of rotatable bonds is 8. The summed E-state index contributed by atoms with van der Waals surface area (Å²) in [4.78, 5) is 23.1. The van der Waals surface area contributed by atoms with Gasteiger partial charge in [0.1, 0.15) is 11.1 Å². The van der Waals surface area contributed by atoms with Crippen LogP contribution in [0.15, 0.2) is 12.1 Å². The summed E-state index contributed by atoms with van der Waals surface area (Å²) in [6.45, 7) is -0.0299. The minimum atomic E-state index is -3.73. The first-order valence-electron chi connectivity index (χ1n) is 6.33. The average molecular weight is 382 g/mol. The minimum absolute atomic E-state index is 0.0299. The number of nitrogens with one attached hydrogen (secondary N) is 2. The molecule has 1 amide bonds. The maximum atomic E-state index is 11.8. The molecule has 23 heavy (non-hydrogen) atoms. The van der Waals surface area contributed by atoms with Crippen molar-refractivity contribution in [3.05, 3.63) is 21.3 Å². The van der Waals surface area contributed by atoms with E-state index in [9.17, 15) is 18.0 Å². The van der Waals surface area contributed by atoms with E-state index in [1.807, 2.05) is 0 Å². The summed E-state index contributed by atoms with van der Waals surface area (Å²) in [5.74, 6) is -3.20. The number of halogens is 1. The molecule has 2 atom stereocenters. The topological polar surface area (TPSA) is 150 Å². The monoisotopic (exact) mass is 381 g/mol. The van der Waals surface area contributed by atoms with Crippen molar-refractivity contribution in [3.8, 4) is 0 Å². The Morgan fingerprint density at radius 2 is 2.09 bits per heavy atom. The van der Waals surface area contributed by atoms with E-state index in [2.05, 4.69) is 5.32 Å². The first-order valence-corrected chi connectivity index (χ1v) is 9.48. The van der Waals surface area contributed by atoms with Gasteiger partial charge < -0.3 is 16.2 Å². The van der Waals surface area contributed by atoms with Crippen LogP contribution in [0.4, 0.5) is 0 Å². The number of thiophene rings is 1. The van der Waals surface area contributed by atoms with Crippen molar-refractivity contribution >= 4 is 50.4 Å². The highest BCUT2D eigenvalue weighted by molar-refractivity contribution is 7.91. The molecule has 1 unspecified atom stereocenters. The lowest BCUT2D eigenvalue weighted by Crippen LogP contribution is -2.45. The third-order valence-electron chi connectivity index (χ3n) is 3.03. The average Bonchev–Trinajstić information content (AvgIpc) is 2.87. The van der Waals surface area contributed by atoms with E-state index in [1.165, 1.54) is 6.07 Å². The molecule has 0 spiro atoms. The van der Waals surface area contributed by atoms with Crippen LogP contribution in [0.3, 0.4) is 0 Å². The molecule has 0 radical (unpaired) electrons. The predicted octanol–water partition coefficient (Wildman–Crippen LogP) is 0.571. The highest BCUT2D eigenvalue weighted by Gasteiger charge is 2.33. The van der Waals surface area contributed by atoms with Crippen molar-refractivity contribution in [2.24, 2.45) is 11.7 Å². The maximum absolute atomic E-state index is 11.8. The largest absolute Gasteiger partial charge is 0.477 e. The Bertz CT molecular complexity index is 716. The third kappa shape index (κ3) is 5.57. The molecule has 0 aliphatic carbocycles. The second kappa shape index (κ2) is 7.86. The number of carboxylic acid groups (broad SMARTS) is 1. The van der Waals surface area contributed by atoms with E-state index in [1.54, 1.807) is 6.07 Å². The van der Waals surface area contributed by atoms with Gasteiger partial charge in [0, 0.05) is 18.7 Å². The van der Waals surface area contributed by atoms with Gasteiger partial charge in [-0.1, -0.05) is 11.6 Å². The summed E-state index contributed by atoms with van der Waals surface area (Å²) in [5, 5.41) is 17.4. The van der Waals surface area contributed by atoms with Gasteiger partial charge in [0.15, 0.2) is 9.84 Å². The van der Waals surface area contributed by atoms with Crippen LogP contribution in [0.5, 0.6) is 0 Å². The zero-order valence-electron chi connectivity index (χ0n) is 12.1. The van der Waals surface area contributed by atoms with E-state index >= 15 is 0 Å². The molecular formula is C12H16ClN3O5S2. The third-order valence-corrected chi connectivity index (χ3v) is 5.58. The SMILES string of the molecule is CS(=O)(=O)C(N)[C@@H](CCNC(=O)c1ccc(Cl)s1)C(=N)C(=O)O. The predicted molar refractivity (Wildman–Crippen MR) is 88.0 cm³/mol. The Balaban J connectivity index is 2.73. The Morgan fingerprint density at radius 3 is 2.52 bits per heavy atom. The van der Waals surface area contributed by atoms with Crippen LogP contribution in [0.25, 0.3) is 0 Å². The number of nitrogens with two attached hydrogens (primary N) is 1. The number of carbonyl (C=O) groups is 2. The molecule has 0 aromatic carbocycles. The molecule has 0 bridgehead atoms. The van der Waals surface area contributed by atoms with E-state index < -0.39 is 38.7 Å². The molecule has 0 aliphatic heterocycles. The Labute approximate surface area is 142 Å². The first-order chi connectivity index (χ1) is 10.5. The van der Waals surface area contributed by atoms with Crippen LogP contribution in [0.1, 0.15) is 16.1 Å². The van der Waals surface area contributed by atoms with Crippen LogP contribution >= 0.6 is 22.9 Å². The second-order valence-corrected chi connectivity index (χ2v) is 8.69. The summed E-state index contributed by atoms with van der Waals surface area (Å²) >= 11 is 6.79. The van der Waals surface area contributed by atoms with E-state index in [-0.39, 0.29) is 13.0 Å². The zero-order chi connectivity index (χ0) is 17.8. The van der Waals surface area contributed by atoms with Crippen LogP contribution in [-0.2, 0) is 14.6 Å². The summed E-state index contributed by atoms with van der Waals surface area (Å²) in [6, 6.07) is 3.09. The van der Waals surface area contributed by atoms with Gasteiger partial charge in [0.25, 0.3) is 5.91 Å². The van der Waals surface area contributed by atoms with Gasteiger partial charge in [-0.05, 0) is 18.6 Å². The fraction of sp³-hybridized carbons (Fsp3) is 0.417. The van der Waals surface area contributed by atoms with Crippen molar-refractivity contribution in [1.82, 2.24) is 5.32 Å². The number of sulfone groups is 1. The van der Waals surface area contributed by atoms with Gasteiger partial charge in [-0.25, -0.2) is 13.2 Å². The van der Waals surface area contributed by atoms with E-state index in [4.69, 9.17) is 27.9 Å². The molecule has 11 heteroatoms. The van der Waals surface area contributed by atoms with E-state index in [0.29, 0.717) is 9.21 Å². The fourth-order valence-electron chi connectivity index (χ4n) is 1.79. The van der Waals surface area contributed by atoms with Crippen molar-refractivity contribution in [3.63, 3.8) is 0 Å². The Hall–Kier alpha value is -1.49. The molecule has 1 rings (SSSR count). The number of carbonyl (C=O) groups excluding carboxylic acids is 1. The molecule has 128 valence electrons. The molecule has 8 nitrogen and oxygen atoms in total. The number of hydrogen-bond donors (Lipinski definition) is 4. The van der Waals surface area contributed by atoms with Crippen molar-refractivity contribution in [2.75, 3.05) is 12.8 Å². The number of carboxylic acids is 1. The summed E-state index contributed by atoms with van der Waals surface area (Å²) in [6.07, 6.45) is 0.774. The fourth-order valence-corrected chi connectivity index (χ4v) is 3.62. The molecule has 5 N–H and O–H groups in total. The molecule has 0 fully saturated rings. The lowest BCUT2D eigenvalue weighted by molar-refractivity contribution is -0.129. The highest BCUT2D eigenvalue weighted by Crippen LogP contribution is 2.21. The molecule has 0 aliphatic rings. The van der Waals surface area contributed by atoms with Gasteiger partial charge in [-0.15, -0.1) is 11.3 Å². The second-order valence-electron chi connectivity index (χ2n) is 4.77. The minimum Gasteiger partial charge on any atom is -0.477 e. The van der Waals surface area contributed by atoms with Gasteiger partial charge in [0.2, 0.25) is 0 Å². The van der Waals surface area contributed by atoms with Gasteiger partial charge in [-0.2, -0.15) is 0 Å². The first kappa shape index (κ1) is 19.6. The van der Waals surface area contributed by atoms with Crippen molar-refractivity contribution in [2.45, 2.75) is 11.8 Å². The molecule has 1 heterocycles. The summed E-state index contributed by atoms with van der Waals surface area (Å²) < 4.78 is 23.5. The van der Waals surface area contributed by atoms with Crippen molar-refractivity contribution < 1.29 is 23.1 Å². The zero-order valence-corrected chi connectivity index (χ0v) is 14.5. The molecule has 1 aromatic rings. The quantitative estimate of drug-likeness (QED) is 0.483. The van der Waals surface area contributed by atoms with Crippen LogP contribution < -0.4 is 11.1 Å². The summed E-state index contributed by atoms with van der Waals surface area (Å²) in [7, 11) is -3.73. The molecular weight excluding hydrogens is 366 g/mol. The van der Waals surface area contributed by atoms with Crippen LogP contribution in [0.2, 0.25) is 4.34 Å². The summed E-state index contributed by atoms with van der Waals surface area (Å²) in [5.41, 5.74) is 4.74. The standard InChI is InChI=1S/C12H16ClN3O5S2/c1-23(20,21)10(15)6(9(14)12(18)19)4-5-16-11(17)7-2-3-8(13)22-7/h2-3,6,10,14H,4-5,15H2,1H3,(H,16,17)(H,18,19)/t6-,10?/m0/s1. The van der Waals surface area contributed by atoms with E-state index in [0.717, 1.165) is 17.6 Å². The number of hydrogen-bond acceptors (Lipinski definition) is 7. The van der Waals surface area contributed by atoms with Gasteiger partial charge in [0.05, 0.1) is 9.21 Å². The Kier molecular flexibility index (Phi) is 6.69. The van der Waals surface area contributed by atoms with Gasteiger partial charge in [-0.3, -0.25) is 10.2 Å². The van der Waals surface area contributed by atoms with Crippen molar-refractivity contribution in [1.29, 1.82) is 5.41 Å². The molecule has 0 saturated carbocycles. The van der Waals surface area contributed by atoms with Gasteiger partial charge >= 0.3 is 5.97 Å². The number of amides is 1. The molecule has 1 aromatic heterocycles. The Morgan fingerprint density at radius 1 is 1.48 bits per heavy atom. The normalized spacial score (nSPS) is 14.0. The van der Waals surface area contributed by atoms with Crippen LogP contribution in [-0.4, -0.2) is 49.3 Å². The lowest BCUT2D eigenvalue weighted by atomic mass is 9.99.